The zero-order valence-electron chi connectivity index (χ0n) is 8.75. The molecular formula is C11H18N2O. The van der Waals surface area contributed by atoms with Crippen LogP contribution in [0.25, 0.3) is 0 Å². The van der Waals surface area contributed by atoms with Crippen molar-refractivity contribution in [3.05, 3.63) is 0 Å². The van der Waals surface area contributed by atoms with Gasteiger partial charge in [0.25, 0.3) is 0 Å². The summed E-state index contributed by atoms with van der Waals surface area (Å²) in [6.45, 7) is 3.91. The van der Waals surface area contributed by atoms with Crippen molar-refractivity contribution in [1.29, 1.82) is 5.26 Å². The van der Waals surface area contributed by atoms with Gasteiger partial charge in [0.15, 0.2) is 0 Å². The molecule has 2 fully saturated rings. The van der Waals surface area contributed by atoms with Crippen LogP contribution in [0.3, 0.4) is 0 Å². The minimum absolute atomic E-state index is 0.162. The largest absolute Gasteiger partial charge is 0.379 e. The van der Waals surface area contributed by atoms with Gasteiger partial charge in [-0.25, -0.2) is 0 Å². The summed E-state index contributed by atoms with van der Waals surface area (Å²) in [7, 11) is 0. The third-order valence-corrected chi connectivity index (χ3v) is 3.39. The summed E-state index contributed by atoms with van der Waals surface area (Å²) in [5.41, 5.74) is 0.162. The predicted octanol–water partition coefficient (Wildman–Crippen LogP) is 1.45. The maximum absolute atomic E-state index is 8.81. The highest BCUT2D eigenvalue weighted by Gasteiger charge is 2.34. The molecule has 3 atom stereocenters. The van der Waals surface area contributed by atoms with Crippen LogP contribution >= 0.6 is 0 Å². The Morgan fingerprint density at radius 3 is 2.93 bits per heavy atom. The molecule has 78 valence electrons. The normalized spacial score (nSPS) is 42.6. The van der Waals surface area contributed by atoms with Crippen LogP contribution in [0, 0.1) is 17.2 Å². The third kappa shape index (κ3) is 2.08. The highest BCUT2D eigenvalue weighted by Crippen LogP contribution is 2.28. The van der Waals surface area contributed by atoms with Crippen LogP contribution in [0.2, 0.25) is 0 Å². The van der Waals surface area contributed by atoms with E-state index in [-0.39, 0.29) is 11.5 Å². The monoisotopic (exact) mass is 194 g/mol. The standard InChI is InChI=1S/C11H18N2O/c1-11(4-5-14-8-11)13-10-3-2-9(6-10)7-12/h9-10,13H,2-6,8H2,1H3. The average Bonchev–Trinajstić information content (AvgIpc) is 2.75. The maximum Gasteiger partial charge on any atom is 0.0656 e. The fourth-order valence-electron chi connectivity index (χ4n) is 2.50. The first kappa shape index (κ1) is 9.95. The van der Waals surface area contributed by atoms with Gasteiger partial charge >= 0.3 is 0 Å². The fourth-order valence-corrected chi connectivity index (χ4v) is 2.50. The molecule has 0 radical (unpaired) electrons. The van der Waals surface area contributed by atoms with E-state index in [0.717, 1.165) is 38.9 Å². The lowest BCUT2D eigenvalue weighted by Gasteiger charge is -2.28. The summed E-state index contributed by atoms with van der Waals surface area (Å²) in [6, 6.07) is 2.89. The molecule has 0 amide bonds. The number of nitriles is 1. The van der Waals surface area contributed by atoms with Gasteiger partial charge in [0.1, 0.15) is 0 Å². The van der Waals surface area contributed by atoms with Crippen molar-refractivity contribution in [2.75, 3.05) is 13.2 Å². The summed E-state index contributed by atoms with van der Waals surface area (Å²) < 4.78 is 5.40. The molecule has 14 heavy (non-hydrogen) atoms. The zero-order valence-corrected chi connectivity index (χ0v) is 8.75. The van der Waals surface area contributed by atoms with Crippen LogP contribution in [0.4, 0.5) is 0 Å². The van der Waals surface area contributed by atoms with Crippen molar-refractivity contribution in [2.24, 2.45) is 5.92 Å². The second kappa shape index (κ2) is 3.88. The molecule has 0 bridgehead atoms. The molecule has 3 unspecified atom stereocenters. The van der Waals surface area contributed by atoms with Crippen molar-refractivity contribution >= 4 is 0 Å². The lowest BCUT2D eigenvalue weighted by Crippen LogP contribution is -2.47. The number of rotatable bonds is 2. The van der Waals surface area contributed by atoms with Gasteiger partial charge in [-0.1, -0.05) is 0 Å². The van der Waals surface area contributed by atoms with Crippen LogP contribution in [0.5, 0.6) is 0 Å². The highest BCUT2D eigenvalue weighted by molar-refractivity contribution is 4.97. The van der Waals surface area contributed by atoms with Gasteiger partial charge in [-0.3, -0.25) is 0 Å². The van der Waals surface area contributed by atoms with Gasteiger partial charge in [-0.15, -0.1) is 0 Å². The second-order valence-corrected chi connectivity index (χ2v) is 4.84. The van der Waals surface area contributed by atoms with E-state index in [1.54, 1.807) is 0 Å². The minimum Gasteiger partial charge on any atom is -0.379 e. The molecule has 0 spiro atoms. The van der Waals surface area contributed by atoms with Crippen molar-refractivity contribution in [1.82, 2.24) is 5.32 Å². The Labute approximate surface area is 85.4 Å². The van der Waals surface area contributed by atoms with E-state index in [0.29, 0.717) is 6.04 Å². The minimum atomic E-state index is 0.162. The SMILES string of the molecule is CC1(NC2CCC(C#N)C2)CCOC1. The molecule has 1 aliphatic heterocycles. The Morgan fingerprint density at radius 1 is 1.50 bits per heavy atom. The first-order valence-corrected chi connectivity index (χ1v) is 5.47. The summed E-state index contributed by atoms with van der Waals surface area (Å²) in [5, 5.41) is 12.4. The van der Waals surface area contributed by atoms with Gasteiger partial charge in [-0.05, 0) is 32.6 Å². The highest BCUT2D eigenvalue weighted by atomic mass is 16.5. The predicted molar refractivity (Wildman–Crippen MR) is 53.7 cm³/mol. The molecule has 3 heteroatoms. The summed E-state index contributed by atoms with van der Waals surface area (Å²) in [6.07, 6.45) is 4.33. The van der Waals surface area contributed by atoms with Gasteiger partial charge in [0.2, 0.25) is 0 Å². The molecular weight excluding hydrogens is 176 g/mol. The molecule has 1 N–H and O–H groups in total. The van der Waals surface area contributed by atoms with Crippen molar-refractivity contribution < 1.29 is 4.74 Å². The van der Waals surface area contributed by atoms with Gasteiger partial charge in [0.05, 0.1) is 12.7 Å². The first-order chi connectivity index (χ1) is 6.72. The number of nitrogens with zero attached hydrogens (tertiary/aromatic N) is 1. The molecule has 2 rings (SSSR count). The van der Waals surface area contributed by atoms with Crippen LogP contribution < -0.4 is 5.32 Å². The van der Waals surface area contributed by atoms with E-state index >= 15 is 0 Å². The number of hydrogen-bond donors (Lipinski definition) is 1. The van der Waals surface area contributed by atoms with E-state index in [1.807, 2.05) is 0 Å². The van der Waals surface area contributed by atoms with Crippen LogP contribution in [-0.4, -0.2) is 24.8 Å². The molecule has 1 heterocycles. The Kier molecular flexibility index (Phi) is 2.76. The van der Waals surface area contributed by atoms with E-state index in [1.165, 1.54) is 0 Å². The van der Waals surface area contributed by atoms with Crippen LogP contribution in [-0.2, 0) is 4.74 Å². The van der Waals surface area contributed by atoms with E-state index in [2.05, 4.69) is 18.3 Å². The lowest BCUT2D eigenvalue weighted by molar-refractivity contribution is 0.166. The summed E-state index contributed by atoms with van der Waals surface area (Å²) in [4.78, 5) is 0. The average molecular weight is 194 g/mol. The third-order valence-electron chi connectivity index (χ3n) is 3.39. The zero-order chi connectivity index (χ0) is 10.0. The number of nitrogens with one attached hydrogen (secondary N) is 1. The van der Waals surface area contributed by atoms with Crippen LogP contribution in [0.15, 0.2) is 0 Å². The Hall–Kier alpha value is -0.590. The molecule has 2 aliphatic rings. The molecule has 1 saturated carbocycles. The Bertz CT molecular complexity index is 240. The molecule has 1 saturated heterocycles. The van der Waals surface area contributed by atoms with Crippen molar-refractivity contribution in [2.45, 2.75) is 44.2 Å². The molecule has 0 aromatic carbocycles. The van der Waals surface area contributed by atoms with Crippen molar-refractivity contribution in [3.8, 4) is 6.07 Å². The van der Waals surface area contributed by atoms with E-state index in [9.17, 15) is 0 Å². The lowest BCUT2D eigenvalue weighted by atomic mass is 9.99. The maximum atomic E-state index is 8.81. The molecule has 1 aliphatic carbocycles. The molecule has 3 nitrogen and oxygen atoms in total. The van der Waals surface area contributed by atoms with E-state index in [4.69, 9.17) is 10.00 Å². The molecule has 0 aromatic rings. The van der Waals surface area contributed by atoms with Crippen molar-refractivity contribution in [3.63, 3.8) is 0 Å². The smallest absolute Gasteiger partial charge is 0.0656 e. The number of hydrogen-bond acceptors (Lipinski definition) is 3. The summed E-state index contributed by atoms with van der Waals surface area (Å²) in [5.74, 6) is 0.276. The number of ether oxygens (including phenoxy) is 1. The fraction of sp³-hybridized carbons (Fsp3) is 0.909. The first-order valence-electron chi connectivity index (χ1n) is 5.47. The topological polar surface area (TPSA) is 45.0 Å². The van der Waals surface area contributed by atoms with Gasteiger partial charge in [0, 0.05) is 24.1 Å². The van der Waals surface area contributed by atoms with Gasteiger partial charge in [-0.2, -0.15) is 5.26 Å². The van der Waals surface area contributed by atoms with Crippen LogP contribution in [0.1, 0.15) is 32.6 Å². The Balaban J connectivity index is 1.84. The van der Waals surface area contributed by atoms with Gasteiger partial charge < -0.3 is 10.1 Å². The molecule has 0 aromatic heterocycles. The Morgan fingerprint density at radius 2 is 2.36 bits per heavy atom. The van der Waals surface area contributed by atoms with E-state index < -0.39 is 0 Å². The second-order valence-electron chi connectivity index (χ2n) is 4.84. The summed E-state index contributed by atoms with van der Waals surface area (Å²) >= 11 is 0. The quantitative estimate of drug-likeness (QED) is 0.723.